The van der Waals surface area contributed by atoms with E-state index in [1.807, 2.05) is 39.0 Å². The number of benzene rings is 2. The lowest BCUT2D eigenvalue weighted by molar-refractivity contribution is -0.161. The van der Waals surface area contributed by atoms with Crippen LogP contribution in [0.4, 0.5) is 0 Å². The molecule has 1 atom stereocenters. The van der Waals surface area contributed by atoms with Crippen LogP contribution < -0.4 is 4.43 Å². The number of rotatable bonds is 7. The van der Waals surface area contributed by atoms with Crippen LogP contribution in [0.1, 0.15) is 71.1 Å². The van der Waals surface area contributed by atoms with Gasteiger partial charge in [-0.2, -0.15) is 0 Å². The van der Waals surface area contributed by atoms with Gasteiger partial charge in [0.2, 0.25) is 8.32 Å². The van der Waals surface area contributed by atoms with E-state index in [9.17, 15) is 4.79 Å². The molecular formula is C32H46ClNO4Si. The van der Waals surface area contributed by atoms with E-state index in [4.69, 9.17) is 25.5 Å². The minimum Gasteiger partial charge on any atom is -0.543 e. The highest BCUT2D eigenvalue weighted by molar-refractivity contribution is 6.74. The van der Waals surface area contributed by atoms with Gasteiger partial charge in [0.1, 0.15) is 11.4 Å². The molecule has 2 aromatic rings. The number of fused-ring (bicyclic) bond motifs is 2. The second kappa shape index (κ2) is 11.2. The van der Waals surface area contributed by atoms with E-state index in [0.29, 0.717) is 24.6 Å². The number of hydrogen-bond donors (Lipinski definition) is 0. The van der Waals surface area contributed by atoms with Gasteiger partial charge in [-0.1, -0.05) is 56.6 Å². The Morgan fingerprint density at radius 1 is 1.08 bits per heavy atom. The number of nitrogens with zero attached hydrogens (tertiary/aromatic N) is 1. The zero-order chi connectivity index (χ0) is 28.6. The number of esters is 1. The average Bonchev–Trinajstić information content (AvgIpc) is 3.18. The second-order valence-electron chi connectivity index (χ2n) is 13.8. The predicted molar refractivity (Wildman–Crippen MR) is 161 cm³/mol. The molecule has 1 fully saturated rings. The van der Waals surface area contributed by atoms with Gasteiger partial charge < -0.3 is 18.8 Å². The molecule has 7 heteroatoms. The molecule has 0 radical (unpaired) electrons. The summed E-state index contributed by atoms with van der Waals surface area (Å²) >= 11 is 6.69. The van der Waals surface area contributed by atoms with Crippen molar-refractivity contribution in [3.05, 3.63) is 64.2 Å². The lowest BCUT2D eigenvalue weighted by Gasteiger charge is -2.40. The number of piperidine rings is 1. The second-order valence-corrected chi connectivity index (χ2v) is 18.9. The zero-order valence-electron chi connectivity index (χ0n) is 25.0. The zero-order valence-corrected chi connectivity index (χ0v) is 26.8. The number of likely N-dealkylation sites (tertiary alicyclic amines) is 1. The van der Waals surface area contributed by atoms with Crippen molar-refractivity contribution in [2.24, 2.45) is 5.92 Å². The summed E-state index contributed by atoms with van der Waals surface area (Å²) in [5.41, 5.74) is 2.79. The molecule has 2 aliphatic rings. The van der Waals surface area contributed by atoms with Gasteiger partial charge in [-0.15, -0.1) is 0 Å². The quantitative estimate of drug-likeness (QED) is 0.251. The van der Waals surface area contributed by atoms with Crippen molar-refractivity contribution in [2.75, 3.05) is 19.6 Å². The Hall–Kier alpha value is -1.86. The Balaban J connectivity index is 1.50. The fourth-order valence-corrected chi connectivity index (χ4v) is 6.52. The van der Waals surface area contributed by atoms with Gasteiger partial charge in [0.05, 0.1) is 18.1 Å². The summed E-state index contributed by atoms with van der Waals surface area (Å²) in [7, 11) is -2.01. The van der Waals surface area contributed by atoms with Crippen LogP contribution in [0, 0.1) is 5.92 Å². The van der Waals surface area contributed by atoms with Crippen LogP contribution in [0.2, 0.25) is 23.2 Å². The maximum Gasteiger partial charge on any atom is 0.311 e. The maximum atomic E-state index is 13.5. The van der Waals surface area contributed by atoms with Crippen molar-refractivity contribution in [2.45, 2.75) is 96.7 Å². The van der Waals surface area contributed by atoms with Gasteiger partial charge in [0, 0.05) is 24.7 Å². The Morgan fingerprint density at radius 3 is 2.38 bits per heavy atom. The molecule has 0 N–H and O–H groups in total. The summed E-state index contributed by atoms with van der Waals surface area (Å²) in [6.07, 6.45) is 2.34. The maximum absolute atomic E-state index is 13.5. The first kappa shape index (κ1) is 30.1. The molecule has 0 aliphatic carbocycles. The number of halogens is 1. The number of hydrogen-bond acceptors (Lipinski definition) is 5. The SMILES string of the molecule is CC(C)(C)OC(=O)C(Cc1cc(O[Si](C)(C)C(C)(C)C)ccc1Cl)CN1CCC2(CC1)OCc1ccccc12. The molecule has 4 rings (SSSR count). The highest BCUT2D eigenvalue weighted by atomic mass is 35.5. The van der Waals surface area contributed by atoms with E-state index < -0.39 is 13.9 Å². The predicted octanol–water partition coefficient (Wildman–Crippen LogP) is 7.75. The lowest BCUT2D eigenvalue weighted by Crippen LogP contribution is -2.46. The van der Waals surface area contributed by atoms with Gasteiger partial charge in [-0.3, -0.25) is 4.79 Å². The molecule has 1 spiro atoms. The fraction of sp³-hybridized carbons (Fsp3) is 0.594. The topological polar surface area (TPSA) is 48.0 Å². The summed E-state index contributed by atoms with van der Waals surface area (Å²) in [5, 5.41) is 0.737. The van der Waals surface area contributed by atoms with Crippen LogP contribution in [0.15, 0.2) is 42.5 Å². The summed E-state index contributed by atoms with van der Waals surface area (Å²) in [6, 6.07) is 14.4. The smallest absolute Gasteiger partial charge is 0.311 e. The molecule has 214 valence electrons. The van der Waals surface area contributed by atoms with Crippen molar-refractivity contribution >= 4 is 25.9 Å². The molecule has 39 heavy (non-hydrogen) atoms. The van der Waals surface area contributed by atoms with Crippen molar-refractivity contribution in [1.82, 2.24) is 4.90 Å². The summed E-state index contributed by atoms with van der Waals surface area (Å²) in [5.74, 6) is 0.300. The molecule has 0 amide bonds. The average molecular weight is 572 g/mol. The van der Waals surface area contributed by atoms with Crippen LogP contribution in [-0.2, 0) is 32.9 Å². The van der Waals surface area contributed by atoms with Gasteiger partial charge in [0.25, 0.3) is 0 Å². The third kappa shape index (κ3) is 7.08. The van der Waals surface area contributed by atoms with Gasteiger partial charge >= 0.3 is 5.97 Å². The fourth-order valence-electron chi connectivity index (χ4n) is 5.30. The minimum atomic E-state index is -2.01. The Labute approximate surface area is 241 Å². The Kier molecular flexibility index (Phi) is 8.64. The molecule has 2 aliphatic heterocycles. The number of carbonyl (C=O) groups is 1. The molecule has 1 saturated heterocycles. The van der Waals surface area contributed by atoms with Crippen molar-refractivity contribution in [1.29, 1.82) is 0 Å². The van der Waals surface area contributed by atoms with E-state index in [-0.39, 0.29) is 22.5 Å². The minimum absolute atomic E-state index is 0.0843. The Morgan fingerprint density at radius 2 is 1.74 bits per heavy atom. The molecule has 2 heterocycles. The molecule has 0 aromatic heterocycles. The molecule has 0 saturated carbocycles. The van der Waals surface area contributed by atoms with Crippen LogP contribution >= 0.6 is 11.6 Å². The first-order chi connectivity index (χ1) is 18.1. The largest absolute Gasteiger partial charge is 0.543 e. The summed E-state index contributed by atoms with van der Waals surface area (Å²) in [4.78, 5) is 15.8. The highest BCUT2D eigenvalue weighted by Crippen LogP contribution is 2.44. The van der Waals surface area contributed by atoms with Crippen LogP contribution in [0.3, 0.4) is 0 Å². The summed E-state index contributed by atoms with van der Waals surface area (Å²) in [6.45, 7) is 20.0. The van der Waals surface area contributed by atoms with Crippen LogP contribution in [0.5, 0.6) is 5.75 Å². The standard InChI is InChI=1S/C32H46ClNO4Si/c1-30(2,3)37-29(35)25(19-24-20-26(13-14-28(24)33)38-39(7,8)31(4,5)6)21-34-17-15-32(16-18-34)27-12-10-9-11-23(27)22-36-32/h9-14,20,25H,15-19,21-22H2,1-8H3. The van der Waals surface area contributed by atoms with Crippen molar-refractivity contribution < 1.29 is 18.7 Å². The number of ether oxygens (including phenoxy) is 2. The van der Waals surface area contributed by atoms with Crippen molar-refractivity contribution in [3.63, 3.8) is 0 Å². The lowest BCUT2D eigenvalue weighted by atomic mass is 9.83. The highest BCUT2D eigenvalue weighted by Gasteiger charge is 2.43. The molecular weight excluding hydrogens is 526 g/mol. The number of carbonyl (C=O) groups excluding carboxylic acids is 1. The molecule has 0 bridgehead atoms. The van der Waals surface area contributed by atoms with Crippen LogP contribution in [0.25, 0.3) is 0 Å². The van der Waals surface area contributed by atoms with E-state index in [1.54, 1.807) is 0 Å². The van der Waals surface area contributed by atoms with E-state index >= 15 is 0 Å². The van der Waals surface area contributed by atoms with E-state index in [2.05, 4.69) is 63.0 Å². The first-order valence-corrected chi connectivity index (χ1v) is 17.5. The molecule has 2 aromatic carbocycles. The Bertz CT molecular complexity index is 1180. The molecule has 5 nitrogen and oxygen atoms in total. The van der Waals surface area contributed by atoms with Gasteiger partial charge in [-0.25, -0.2) is 0 Å². The normalized spacial score (nSPS) is 18.6. The van der Waals surface area contributed by atoms with E-state index in [0.717, 1.165) is 37.2 Å². The first-order valence-electron chi connectivity index (χ1n) is 14.2. The van der Waals surface area contributed by atoms with Gasteiger partial charge in [0.15, 0.2) is 0 Å². The monoisotopic (exact) mass is 571 g/mol. The van der Waals surface area contributed by atoms with E-state index in [1.165, 1.54) is 11.1 Å². The third-order valence-corrected chi connectivity index (χ3v) is 13.3. The van der Waals surface area contributed by atoms with Crippen LogP contribution in [-0.4, -0.2) is 44.4 Å². The molecule has 1 unspecified atom stereocenters. The summed E-state index contributed by atoms with van der Waals surface area (Å²) < 4.78 is 18.8. The third-order valence-electron chi connectivity index (χ3n) is 8.56. The van der Waals surface area contributed by atoms with Gasteiger partial charge in [-0.05, 0) is 93.1 Å². The van der Waals surface area contributed by atoms with Crippen molar-refractivity contribution in [3.8, 4) is 5.75 Å².